The first-order valence-electron chi connectivity index (χ1n) is 11.2. The predicted molar refractivity (Wildman–Crippen MR) is 139 cm³/mol. The molecule has 3 aromatic rings. The van der Waals surface area contributed by atoms with Gasteiger partial charge >= 0.3 is 5.97 Å². The van der Waals surface area contributed by atoms with Crippen LogP contribution in [0.15, 0.2) is 58.9 Å². The Bertz CT molecular complexity index is 1260. The number of allylic oxidation sites excluding steroid dienone is 1. The molecule has 7 nitrogen and oxygen atoms in total. The molecule has 1 unspecified atom stereocenters. The normalized spacial score (nSPS) is 15.1. The van der Waals surface area contributed by atoms with Crippen molar-refractivity contribution in [2.75, 3.05) is 11.1 Å². The molecule has 0 saturated carbocycles. The predicted octanol–water partition coefficient (Wildman–Crippen LogP) is 6.52. The first-order valence-corrected chi connectivity index (χ1v) is 13.0. The van der Waals surface area contributed by atoms with Crippen LogP contribution in [0.2, 0.25) is 10.0 Å². The van der Waals surface area contributed by atoms with E-state index in [9.17, 15) is 4.79 Å². The van der Waals surface area contributed by atoms with E-state index in [0.29, 0.717) is 44.8 Å². The number of ether oxygens (including phenoxy) is 2. The van der Waals surface area contributed by atoms with Crippen LogP contribution >= 0.6 is 35.0 Å². The van der Waals surface area contributed by atoms with Crippen molar-refractivity contribution in [2.45, 2.75) is 51.6 Å². The Kier molecular flexibility index (Phi) is 7.94. The highest BCUT2D eigenvalue weighted by Gasteiger charge is 2.35. The summed E-state index contributed by atoms with van der Waals surface area (Å²) in [5.74, 6) is 1.72. The van der Waals surface area contributed by atoms with Gasteiger partial charge < -0.3 is 14.8 Å². The minimum atomic E-state index is -0.486. The Labute approximate surface area is 218 Å². The monoisotopic (exact) mass is 532 g/mol. The number of esters is 1. The van der Waals surface area contributed by atoms with Gasteiger partial charge in [-0.05, 0) is 61.9 Å². The van der Waals surface area contributed by atoms with E-state index in [0.717, 1.165) is 16.9 Å². The fourth-order valence-electron chi connectivity index (χ4n) is 3.71. The van der Waals surface area contributed by atoms with E-state index in [4.69, 9.17) is 32.7 Å². The average Bonchev–Trinajstić information content (AvgIpc) is 3.21. The third-order valence-electron chi connectivity index (χ3n) is 5.25. The molecule has 0 radical (unpaired) electrons. The van der Waals surface area contributed by atoms with Gasteiger partial charge in [-0.25, -0.2) is 9.48 Å². The van der Waals surface area contributed by atoms with E-state index in [-0.39, 0.29) is 12.1 Å². The van der Waals surface area contributed by atoms with Crippen molar-refractivity contribution in [3.63, 3.8) is 0 Å². The lowest BCUT2D eigenvalue weighted by molar-refractivity contribution is -0.143. The van der Waals surface area contributed by atoms with Crippen LogP contribution in [-0.2, 0) is 16.1 Å². The molecular weight excluding hydrogens is 507 g/mol. The number of hydrogen-bond donors (Lipinski definition) is 1. The molecule has 1 N–H and O–H groups in total. The number of hydrogen-bond acceptors (Lipinski definition) is 7. The van der Waals surface area contributed by atoms with Crippen LogP contribution in [0.3, 0.4) is 0 Å². The maximum atomic E-state index is 13.1. The lowest BCUT2D eigenvalue weighted by Gasteiger charge is -2.28. The standard InChI is InChI=1S/C25H26Cl2N4O3S/c1-5-35-25-29-24-28-15(4)21(23(32)34-14(2)3)22(31(24)30-25)17-7-9-18(10-8-17)33-13-16-6-11-19(26)20(27)12-16/h6-12,14,22H,5,13H2,1-4H3,(H,28,29,30). The number of thioether (sulfide) groups is 1. The topological polar surface area (TPSA) is 78.3 Å². The molecule has 2 aromatic carbocycles. The van der Waals surface area contributed by atoms with Crippen molar-refractivity contribution in [1.82, 2.24) is 14.8 Å². The van der Waals surface area contributed by atoms with E-state index in [1.165, 1.54) is 0 Å². The summed E-state index contributed by atoms with van der Waals surface area (Å²) in [7, 11) is 0. The molecule has 2 heterocycles. The molecule has 1 aromatic heterocycles. The lowest BCUT2D eigenvalue weighted by Crippen LogP contribution is -2.30. The smallest absolute Gasteiger partial charge is 0.338 e. The summed E-state index contributed by atoms with van der Waals surface area (Å²) in [6, 6.07) is 12.5. The Morgan fingerprint density at radius 2 is 1.91 bits per heavy atom. The number of carbonyl (C=O) groups excluding carboxylic acids is 1. The summed E-state index contributed by atoms with van der Waals surface area (Å²) in [5, 5.41) is 9.52. The quantitative estimate of drug-likeness (QED) is 0.261. The van der Waals surface area contributed by atoms with Crippen LogP contribution in [0.1, 0.15) is 44.9 Å². The van der Waals surface area contributed by atoms with Gasteiger partial charge in [-0.2, -0.15) is 4.98 Å². The maximum absolute atomic E-state index is 13.1. The van der Waals surface area contributed by atoms with Crippen molar-refractivity contribution in [3.05, 3.63) is 74.9 Å². The van der Waals surface area contributed by atoms with E-state index in [1.807, 2.05) is 58.0 Å². The summed E-state index contributed by atoms with van der Waals surface area (Å²) in [5.41, 5.74) is 2.96. The Hall–Kier alpha value is -2.68. The molecule has 0 saturated heterocycles. The van der Waals surface area contributed by atoms with Crippen molar-refractivity contribution in [2.24, 2.45) is 0 Å². The fraction of sp³-hybridized carbons (Fsp3) is 0.320. The summed E-state index contributed by atoms with van der Waals surface area (Å²) >= 11 is 13.6. The van der Waals surface area contributed by atoms with Crippen molar-refractivity contribution in [1.29, 1.82) is 0 Å². The highest BCUT2D eigenvalue weighted by Crippen LogP contribution is 2.37. The van der Waals surface area contributed by atoms with Gasteiger partial charge in [0.05, 0.1) is 21.7 Å². The van der Waals surface area contributed by atoms with E-state index < -0.39 is 6.04 Å². The lowest BCUT2D eigenvalue weighted by atomic mass is 9.95. The minimum absolute atomic E-state index is 0.246. The van der Waals surface area contributed by atoms with Gasteiger partial charge in [0.1, 0.15) is 18.4 Å². The molecule has 10 heteroatoms. The summed E-state index contributed by atoms with van der Waals surface area (Å²) < 4.78 is 13.2. The highest BCUT2D eigenvalue weighted by molar-refractivity contribution is 7.99. The average molecular weight is 533 g/mol. The fourth-order valence-corrected chi connectivity index (χ4v) is 4.59. The minimum Gasteiger partial charge on any atom is -0.489 e. The van der Waals surface area contributed by atoms with E-state index in [2.05, 4.69) is 15.4 Å². The number of carbonyl (C=O) groups is 1. The third-order valence-corrected chi connectivity index (χ3v) is 6.71. The number of benzene rings is 2. The zero-order valence-electron chi connectivity index (χ0n) is 19.8. The summed E-state index contributed by atoms with van der Waals surface area (Å²) in [6.07, 6.45) is -0.246. The third kappa shape index (κ3) is 5.77. The Morgan fingerprint density at radius 3 is 2.57 bits per heavy atom. The number of nitrogens with one attached hydrogen (secondary N) is 1. The Morgan fingerprint density at radius 1 is 1.17 bits per heavy atom. The number of rotatable bonds is 8. The molecule has 4 rings (SSSR count). The zero-order chi connectivity index (χ0) is 25.1. The van der Waals surface area contributed by atoms with Crippen LogP contribution in [0.5, 0.6) is 5.75 Å². The van der Waals surface area contributed by atoms with Crippen molar-refractivity contribution < 1.29 is 14.3 Å². The Balaban J connectivity index is 1.62. The first-order chi connectivity index (χ1) is 16.8. The molecule has 184 valence electrons. The second-order valence-corrected chi connectivity index (χ2v) is 10.3. The molecule has 0 spiro atoms. The van der Waals surface area contributed by atoms with Crippen LogP contribution in [0.4, 0.5) is 5.95 Å². The number of anilines is 1. The summed E-state index contributed by atoms with van der Waals surface area (Å²) in [6.45, 7) is 7.90. The molecule has 1 aliphatic rings. The van der Waals surface area contributed by atoms with Gasteiger partial charge in [-0.1, -0.05) is 60.1 Å². The molecule has 35 heavy (non-hydrogen) atoms. The van der Waals surface area contributed by atoms with Crippen LogP contribution < -0.4 is 10.1 Å². The SMILES string of the molecule is CCSc1nc2n(n1)C(c1ccc(OCc3ccc(Cl)c(Cl)c3)cc1)C(C(=O)OC(C)C)=C(C)N2. The zero-order valence-corrected chi connectivity index (χ0v) is 22.2. The molecule has 1 atom stereocenters. The van der Waals surface area contributed by atoms with Crippen LogP contribution in [-0.4, -0.2) is 32.6 Å². The van der Waals surface area contributed by atoms with Gasteiger partial charge in [0.25, 0.3) is 0 Å². The van der Waals surface area contributed by atoms with Gasteiger partial charge in [-0.15, -0.1) is 5.10 Å². The second-order valence-electron chi connectivity index (χ2n) is 8.22. The number of nitrogens with zero attached hydrogens (tertiary/aromatic N) is 3. The molecule has 0 aliphatic carbocycles. The second kappa shape index (κ2) is 10.9. The number of halogens is 2. The molecule has 0 bridgehead atoms. The van der Waals surface area contributed by atoms with Gasteiger partial charge in [0.2, 0.25) is 11.1 Å². The molecule has 0 amide bonds. The van der Waals surface area contributed by atoms with Gasteiger partial charge in [-0.3, -0.25) is 0 Å². The van der Waals surface area contributed by atoms with E-state index in [1.54, 1.807) is 28.6 Å². The van der Waals surface area contributed by atoms with Gasteiger partial charge in [0, 0.05) is 5.70 Å². The largest absolute Gasteiger partial charge is 0.489 e. The van der Waals surface area contributed by atoms with E-state index >= 15 is 0 Å². The number of aromatic nitrogens is 3. The summed E-state index contributed by atoms with van der Waals surface area (Å²) in [4.78, 5) is 17.7. The molecule has 0 fully saturated rings. The van der Waals surface area contributed by atoms with Crippen LogP contribution in [0.25, 0.3) is 0 Å². The van der Waals surface area contributed by atoms with Gasteiger partial charge in [0.15, 0.2) is 0 Å². The molecular formula is C25H26Cl2N4O3S. The highest BCUT2D eigenvalue weighted by atomic mass is 35.5. The maximum Gasteiger partial charge on any atom is 0.338 e. The first kappa shape index (κ1) is 25.4. The molecule has 1 aliphatic heterocycles. The van der Waals surface area contributed by atoms with Crippen molar-refractivity contribution in [3.8, 4) is 5.75 Å². The van der Waals surface area contributed by atoms with Crippen molar-refractivity contribution >= 4 is 46.9 Å². The van der Waals surface area contributed by atoms with Crippen LogP contribution in [0, 0.1) is 0 Å². The number of fused-ring (bicyclic) bond motifs is 1.